The molecule has 3 N–H and O–H groups in total. The van der Waals surface area contributed by atoms with E-state index in [2.05, 4.69) is 47.1 Å². The summed E-state index contributed by atoms with van der Waals surface area (Å²) in [7, 11) is 1.78. The molecule has 28 heavy (non-hydrogen) atoms. The summed E-state index contributed by atoms with van der Waals surface area (Å²) < 4.78 is 0.154. The minimum Gasteiger partial charge on any atom is -0.355 e. The van der Waals surface area contributed by atoms with E-state index in [0.717, 1.165) is 36.6 Å². The molecule has 1 aliphatic carbocycles. The Kier molecular flexibility index (Phi) is 11.3. The number of carbonyl (C=O) groups excluding carboxylic acids is 1. The zero-order valence-corrected chi connectivity index (χ0v) is 20.7. The van der Waals surface area contributed by atoms with Crippen molar-refractivity contribution in [1.29, 1.82) is 0 Å². The quantitative estimate of drug-likeness (QED) is 0.280. The molecule has 0 atom stereocenters. The van der Waals surface area contributed by atoms with E-state index in [1.807, 2.05) is 30.0 Å². The van der Waals surface area contributed by atoms with Crippen LogP contribution in [0.15, 0.2) is 29.3 Å². The van der Waals surface area contributed by atoms with Crippen LogP contribution in [-0.4, -0.2) is 36.5 Å². The summed E-state index contributed by atoms with van der Waals surface area (Å²) in [5.74, 6) is 1.12. The predicted molar refractivity (Wildman–Crippen MR) is 133 cm³/mol. The first-order valence-electron chi connectivity index (χ1n) is 9.83. The SMILES string of the molecule is CN=C(NCc1cccc(NC(=O)C2CCCCC2)c1)NCC(C)(C)SC.I. The van der Waals surface area contributed by atoms with Crippen LogP contribution in [0.1, 0.15) is 51.5 Å². The number of rotatable bonds is 7. The summed E-state index contributed by atoms with van der Waals surface area (Å²) in [6.45, 7) is 5.91. The van der Waals surface area contributed by atoms with Crippen LogP contribution in [0.25, 0.3) is 0 Å². The van der Waals surface area contributed by atoms with Gasteiger partial charge in [-0.2, -0.15) is 11.8 Å². The first-order chi connectivity index (χ1) is 12.9. The first kappa shape index (κ1) is 25.1. The number of carbonyl (C=O) groups is 1. The van der Waals surface area contributed by atoms with Crippen LogP contribution in [0, 0.1) is 5.92 Å². The van der Waals surface area contributed by atoms with E-state index in [0.29, 0.717) is 6.54 Å². The molecule has 7 heteroatoms. The van der Waals surface area contributed by atoms with Crippen molar-refractivity contribution in [3.05, 3.63) is 29.8 Å². The second-order valence-electron chi connectivity index (χ2n) is 7.77. The van der Waals surface area contributed by atoms with E-state index in [1.165, 1.54) is 19.3 Å². The van der Waals surface area contributed by atoms with Crippen molar-refractivity contribution in [2.24, 2.45) is 10.9 Å². The molecule has 1 aliphatic rings. The number of hydrogen-bond donors (Lipinski definition) is 3. The Morgan fingerprint density at radius 3 is 2.57 bits per heavy atom. The highest BCUT2D eigenvalue weighted by atomic mass is 127. The van der Waals surface area contributed by atoms with E-state index in [-0.39, 0.29) is 40.5 Å². The average Bonchev–Trinajstić information content (AvgIpc) is 2.69. The minimum absolute atomic E-state index is 0. The van der Waals surface area contributed by atoms with Crippen LogP contribution in [0.4, 0.5) is 5.69 Å². The molecule has 5 nitrogen and oxygen atoms in total. The third-order valence-electron chi connectivity index (χ3n) is 5.09. The van der Waals surface area contributed by atoms with Crippen LogP contribution in [0.5, 0.6) is 0 Å². The molecule has 1 saturated carbocycles. The number of thioether (sulfide) groups is 1. The Hall–Kier alpha value is -0.960. The van der Waals surface area contributed by atoms with Crippen molar-refractivity contribution in [2.45, 2.75) is 57.2 Å². The zero-order chi connectivity index (χ0) is 19.7. The fraction of sp³-hybridized carbons (Fsp3) is 0.619. The zero-order valence-electron chi connectivity index (χ0n) is 17.5. The highest BCUT2D eigenvalue weighted by Gasteiger charge is 2.21. The van der Waals surface area contributed by atoms with Crippen LogP contribution in [0.2, 0.25) is 0 Å². The van der Waals surface area contributed by atoms with E-state index in [1.54, 1.807) is 7.05 Å². The van der Waals surface area contributed by atoms with Gasteiger partial charge in [-0.05, 0) is 50.6 Å². The van der Waals surface area contributed by atoms with Crippen molar-refractivity contribution in [3.63, 3.8) is 0 Å². The summed E-state index contributed by atoms with van der Waals surface area (Å²) >= 11 is 1.83. The monoisotopic (exact) mass is 518 g/mol. The summed E-state index contributed by atoms with van der Waals surface area (Å²) in [6, 6.07) is 8.04. The van der Waals surface area contributed by atoms with E-state index in [9.17, 15) is 4.79 Å². The number of aliphatic imine (C=N–C) groups is 1. The average molecular weight is 519 g/mol. The largest absolute Gasteiger partial charge is 0.355 e. The number of hydrogen-bond acceptors (Lipinski definition) is 3. The van der Waals surface area contributed by atoms with Gasteiger partial charge in [-0.3, -0.25) is 9.79 Å². The number of anilines is 1. The van der Waals surface area contributed by atoms with Crippen LogP contribution >= 0.6 is 35.7 Å². The summed E-state index contributed by atoms with van der Waals surface area (Å²) in [5, 5.41) is 9.80. The Morgan fingerprint density at radius 1 is 1.21 bits per heavy atom. The third kappa shape index (κ3) is 8.59. The molecule has 158 valence electrons. The van der Waals surface area contributed by atoms with Crippen LogP contribution in [0.3, 0.4) is 0 Å². The van der Waals surface area contributed by atoms with Crippen molar-refractivity contribution in [2.75, 3.05) is 25.2 Å². The van der Waals surface area contributed by atoms with Crippen molar-refractivity contribution in [1.82, 2.24) is 10.6 Å². The van der Waals surface area contributed by atoms with Gasteiger partial charge in [0.15, 0.2) is 5.96 Å². The fourth-order valence-electron chi connectivity index (χ4n) is 3.14. The van der Waals surface area contributed by atoms with Crippen molar-refractivity contribution < 1.29 is 4.79 Å². The second kappa shape index (κ2) is 12.6. The van der Waals surface area contributed by atoms with Crippen molar-refractivity contribution >= 4 is 53.3 Å². The molecule has 0 saturated heterocycles. The Labute approximate surface area is 191 Å². The predicted octanol–water partition coefficient (Wildman–Crippen LogP) is 4.63. The van der Waals surface area contributed by atoms with Gasteiger partial charge in [0.25, 0.3) is 0 Å². The van der Waals surface area contributed by atoms with Gasteiger partial charge in [-0.1, -0.05) is 31.4 Å². The normalized spacial score (nSPS) is 15.5. The van der Waals surface area contributed by atoms with E-state index >= 15 is 0 Å². The van der Waals surface area contributed by atoms with Gasteiger partial charge in [-0.15, -0.1) is 24.0 Å². The summed E-state index contributed by atoms with van der Waals surface area (Å²) in [6.07, 6.45) is 7.74. The Bertz CT molecular complexity index is 645. The smallest absolute Gasteiger partial charge is 0.227 e. The maximum Gasteiger partial charge on any atom is 0.227 e. The van der Waals surface area contributed by atoms with Gasteiger partial charge < -0.3 is 16.0 Å². The molecule has 2 rings (SSSR count). The molecule has 1 aromatic carbocycles. The molecular formula is C21H35IN4OS. The second-order valence-corrected chi connectivity index (χ2v) is 9.28. The minimum atomic E-state index is 0. The van der Waals surface area contributed by atoms with Crippen molar-refractivity contribution in [3.8, 4) is 0 Å². The maximum absolute atomic E-state index is 12.4. The maximum atomic E-state index is 12.4. The van der Waals surface area contributed by atoms with E-state index in [4.69, 9.17) is 0 Å². The molecule has 0 aromatic heterocycles. The van der Waals surface area contributed by atoms with E-state index < -0.39 is 0 Å². The number of guanidine groups is 1. The van der Waals surface area contributed by atoms with Gasteiger partial charge in [0.1, 0.15) is 0 Å². The number of nitrogens with zero attached hydrogens (tertiary/aromatic N) is 1. The Morgan fingerprint density at radius 2 is 1.93 bits per heavy atom. The van der Waals surface area contributed by atoms with Crippen LogP contribution < -0.4 is 16.0 Å². The standard InChI is InChI=1S/C21H34N4OS.HI/c1-21(2,27-4)15-24-20(22-3)23-14-16-9-8-12-18(13-16)25-19(26)17-10-6-5-7-11-17;/h8-9,12-13,17H,5-7,10-11,14-15H2,1-4H3,(H,25,26)(H2,22,23,24);1H. The topological polar surface area (TPSA) is 65.5 Å². The number of nitrogens with one attached hydrogen (secondary N) is 3. The molecule has 1 aromatic rings. The van der Waals surface area contributed by atoms with Gasteiger partial charge in [0.05, 0.1) is 0 Å². The third-order valence-corrected chi connectivity index (χ3v) is 6.34. The lowest BCUT2D eigenvalue weighted by Gasteiger charge is -2.23. The van der Waals surface area contributed by atoms with Gasteiger partial charge in [-0.25, -0.2) is 0 Å². The Balaban J connectivity index is 0.00000392. The summed E-state index contributed by atoms with van der Waals surface area (Å²) in [5.41, 5.74) is 1.99. The number of amides is 1. The highest BCUT2D eigenvalue weighted by molar-refractivity contribution is 14.0. The fourth-order valence-corrected chi connectivity index (χ4v) is 3.36. The van der Waals surface area contributed by atoms with Crippen LogP contribution in [-0.2, 0) is 11.3 Å². The highest BCUT2D eigenvalue weighted by Crippen LogP contribution is 2.25. The lowest BCUT2D eigenvalue weighted by Crippen LogP contribution is -2.42. The molecule has 0 spiro atoms. The van der Waals surface area contributed by atoms with Gasteiger partial charge >= 0.3 is 0 Å². The molecule has 0 unspecified atom stereocenters. The number of benzene rings is 1. The van der Waals surface area contributed by atoms with Gasteiger partial charge in [0.2, 0.25) is 5.91 Å². The molecular weight excluding hydrogens is 483 g/mol. The molecule has 1 fully saturated rings. The summed E-state index contributed by atoms with van der Waals surface area (Å²) in [4.78, 5) is 16.7. The molecule has 0 aliphatic heterocycles. The molecule has 0 heterocycles. The molecule has 0 radical (unpaired) electrons. The molecule has 0 bridgehead atoms. The lowest BCUT2D eigenvalue weighted by atomic mass is 9.88. The lowest BCUT2D eigenvalue weighted by molar-refractivity contribution is -0.120. The molecule has 1 amide bonds. The van der Waals surface area contributed by atoms with Gasteiger partial charge in [0, 0.05) is 36.5 Å². The first-order valence-corrected chi connectivity index (χ1v) is 11.1. The number of halogens is 1.